The van der Waals surface area contributed by atoms with Crippen molar-refractivity contribution in [1.29, 1.82) is 0 Å². The Hall–Kier alpha value is -1.72. The van der Waals surface area contributed by atoms with Gasteiger partial charge in [0.25, 0.3) is 0 Å². The monoisotopic (exact) mass is 287 g/mol. The van der Waals surface area contributed by atoms with Crippen molar-refractivity contribution in [3.63, 3.8) is 0 Å². The summed E-state index contributed by atoms with van der Waals surface area (Å²) in [5, 5.41) is 3.57. The molecule has 20 heavy (non-hydrogen) atoms. The van der Waals surface area contributed by atoms with Gasteiger partial charge in [-0.15, -0.1) is 11.3 Å². The van der Waals surface area contributed by atoms with Crippen LogP contribution in [0.2, 0.25) is 0 Å². The van der Waals surface area contributed by atoms with Crippen molar-refractivity contribution in [2.24, 2.45) is 5.73 Å². The lowest BCUT2D eigenvalue weighted by Crippen LogP contribution is -2.20. The predicted octanol–water partition coefficient (Wildman–Crippen LogP) is 2.66. The van der Waals surface area contributed by atoms with Gasteiger partial charge in [-0.2, -0.15) is 0 Å². The molecule has 1 aliphatic carbocycles. The number of hydrogen-bond donors (Lipinski definition) is 2. The fourth-order valence-corrected chi connectivity index (χ4v) is 3.50. The second-order valence-corrected chi connectivity index (χ2v) is 6.10. The maximum atomic E-state index is 12.0. The van der Waals surface area contributed by atoms with E-state index in [0.29, 0.717) is 5.13 Å². The first-order valence-electron chi connectivity index (χ1n) is 6.81. The number of benzene rings is 1. The summed E-state index contributed by atoms with van der Waals surface area (Å²) in [5.74, 6) is -0.0752. The van der Waals surface area contributed by atoms with Crippen molar-refractivity contribution in [3.8, 4) is 0 Å². The molecule has 1 atom stereocenters. The van der Waals surface area contributed by atoms with Gasteiger partial charge in [-0.25, -0.2) is 4.98 Å². The number of anilines is 1. The Kier molecular flexibility index (Phi) is 3.80. The van der Waals surface area contributed by atoms with Gasteiger partial charge in [-0.1, -0.05) is 30.3 Å². The minimum Gasteiger partial charge on any atom is -0.324 e. The average molecular weight is 287 g/mol. The van der Waals surface area contributed by atoms with E-state index in [1.54, 1.807) is 11.3 Å². The fourth-order valence-electron chi connectivity index (χ4n) is 2.43. The molecule has 3 N–H and O–H groups in total. The maximum Gasteiger partial charge on any atom is 0.228 e. The SMILES string of the molecule is NC(CC(=O)Nc1nc2c(s1)CCC2)c1ccccc1. The third-order valence-corrected chi connectivity index (χ3v) is 4.55. The van der Waals surface area contributed by atoms with Crippen LogP contribution in [0.15, 0.2) is 30.3 Å². The summed E-state index contributed by atoms with van der Waals surface area (Å²) in [6.45, 7) is 0. The van der Waals surface area contributed by atoms with E-state index in [9.17, 15) is 4.79 Å². The number of aromatic nitrogens is 1. The second kappa shape index (κ2) is 5.73. The third kappa shape index (κ3) is 2.89. The van der Waals surface area contributed by atoms with E-state index in [2.05, 4.69) is 10.3 Å². The number of amides is 1. The molecule has 1 aromatic carbocycles. The molecular weight excluding hydrogens is 270 g/mol. The zero-order chi connectivity index (χ0) is 13.9. The summed E-state index contributed by atoms with van der Waals surface area (Å²) in [5.41, 5.74) is 8.17. The van der Waals surface area contributed by atoms with Crippen LogP contribution in [0.3, 0.4) is 0 Å². The van der Waals surface area contributed by atoms with Gasteiger partial charge < -0.3 is 11.1 Å². The van der Waals surface area contributed by atoms with Gasteiger partial charge in [-0.3, -0.25) is 4.79 Å². The highest BCUT2D eigenvalue weighted by Gasteiger charge is 2.18. The molecule has 1 aromatic heterocycles. The average Bonchev–Trinajstić information content (AvgIpc) is 3.00. The highest BCUT2D eigenvalue weighted by Crippen LogP contribution is 2.30. The highest BCUT2D eigenvalue weighted by atomic mass is 32.1. The van der Waals surface area contributed by atoms with Crippen molar-refractivity contribution in [2.45, 2.75) is 31.7 Å². The lowest BCUT2D eigenvalue weighted by atomic mass is 10.0. The summed E-state index contributed by atoms with van der Waals surface area (Å²) >= 11 is 1.59. The number of nitrogens with two attached hydrogens (primary N) is 1. The van der Waals surface area contributed by atoms with Crippen LogP contribution in [0.5, 0.6) is 0 Å². The lowest BCUT2D eigenvalue weighted by molar-refractivity contribution is -0.116. The molecular formula is C15H17N3OS. The molecule has 0 saturated carbocycles. The van der Waals surface area contributed by atoms with E-state index >= 15 is 0 Å². The molecule has 3 rings (SSSR count). The molecule has 2 aromatic rings. The Morgan fingerprint density at radius 3 is 2.90 bits per heavy atom. The molecule has 0 fully saturated rings. The zero-order valence-electron chi connectivity index (χ0n) is 11.1. The van der Waals surface area contributed by atoms with Gasteiger partial charge in [0.15, 0.2) is 5.13 Å². The van der Waals surface area contributed by atoms with E-state index in [1.807, 2.05) is 30.3 Å². The molecule has 0 radical (unpaired) electrons. The first kappa shape index (κ1) is 13.3. The smallest absolute Gasteiger partial charge is 0.228 e. The van der Waals surface area contributed by atoms with Gasteiger partial charge in [0.1, 0.15) is 0 Å². The first-order valence-corrected chi connectivity index (χ1v) is 7.63. The molecule has 0 saturated heterocycles. The fraction of sp³-hybridized carbons (Fsp3) is 0.333. The number of hydrogen-bond acceptors (Lipinski definition) is 4. The van der Waals surface area contributed by atoms with E-state index in [0.717, 1.165) is 24.1 Å². The Morgan fingerprint density at radius 1 is 1.35 bits per heavy atom. The standard InChI is InChI=1S/C15H17N3OS/c16-11(10-5-2-1-3-6-10)9-14(19)18-15-17-12-7-4-8-13(12)20-15/h1-3,5-6,11H,4,7-9,16H2,(H,17,18,19). The van der Waals surface area contributed by atoms with Crippen molar-refractivity contribution in [1.82, 2.24) is 4.98 Å². The van der Waals surface area contributed by atoms with Crippen molar-refractivity contribution in [3.05, 3.63) is 46.5 Å². The molecule has 5 heteroatoms. The van der Waals surface area contributed by atoms with Gasteiger partial charge in [-0.05, 0) is 24.8 Å². The number of thiazole rings is 1. The second-order valence-electron chi connectivity index (χ2n) is 5.01. The molecule has 0 aliphatic heterocycles. The Balaban J connectivity index is 1.59. The Morgan fingerprint density at radius 2 is 2.15 bits per heavy atom. The Labute approximate surface area is 122 Å². The molecule has 4 nitrogen and oxygen atoms in total. The van der Waals surface area contributed by atoms with Crippen LogP contribution in [-0.2, 0) is 17.6 Å². The lowest BCUT2D eigenvalue weighted by Gasteiger charge is -2.11. The number of carbonyl (C=O) groups excluding carboxylic acids is 1. The maximum absolute atomic E-state index is 12.0. The summed E-state index contributed by atoms with van der Waals surface area (Å²) < 4.78 is 0. The van der Waals surface area contributed by atoms with E-state index in [1.165, 1.54) is 11.3 Å². The summed E-state index contributed by atoms with van der Waals surface area (Å²) in [6, 6.07) is 9.40. The van der Waals surface area contributed by atoms with Crippen LogP contribution < -0.4 is 11.1 Å². The topological polar surface area (TPSA) is 68.0 Å². The molecule has 1 amide bonds. The van der Waals surface area contributed by atoms with Crippen molar-refractivity contribution < 1.29 is 4.79 Å². The first-order chi connectivity index (χ1) is 9.72. The largest absolute Gasteiger partial charge is 0.324 e. The van der Waals surface area contributed by atoms with E-state index in [-0.39, 0.29) is 18.4 Å². The summed E-state index contributed by atoms with van der Waals surface area (Å²) in [4.78, 5) is 17.8. The zero-order valence-corrected chi connectivity index (χ0v) is 12.0. The number of carbonyl (C=O) groups is 1. The molecule has 0 bridgehead atoms. The third-order valence-electron chi connectivity index (χ3n) is 3.48. The van der Waals surface area contributed by atoms with Crippen molar-refractivity contribution >= 4 is 22.4 Å². The summed E-state index contributed by atoms with van der Waals surface area (Å²) in [7, 11) is 0. The quantitative estimate of drug-likeness (QED) is 0.908. The van der Waals surface area contributed by atoms with Crippen LogP contribution in [0.1, 0.15) is 35.0 Å². The Bertz CT molecular complexity index is 587. The normalized spacial score (nSPS) is 14.8. The van der Waals surface area contributed by atoms with Crippen molar-refractivity contribution in [2.75, 3.05) is 5.32 Å². The molecule has 1 unspecified atom stereocenters. The highest BCUT2D eigenvalue weighted by molar-refractivity contribution is 7.15. The predicted molar refractivity (Wildman–Crippen MR) is 80.8 cm³/mol. The van der Waals surface area contributed by atoms with Crippen LogP contribution >= 0.6 is 11.3 Å². The van der Waals surface area contributed by atoms with Crippen LogP contribution in [-0.4, -0.2) is 10.9 Å². The number of nitrogens with one attached hydrogen (secondary N) is 1. The minimum atomic E-state index is -0.275. The van der Waals surface area contributed by atoms with Gasteiger partial charge in [0, 0.05) is 17.3 Å². The van der Waals surface area contributed by atoms with Crippen LogP contribution in [0.25, 0.3) is 0 Å². The molecule has 0 spiro atoms. The molecule has 1 aliphatic rings. The van der Waals surface area contributed by atoms with E-state index < -0.39 is 0 Å². The van der Waals surface area contributed by atoms with Gasteiger partial charge in [0.2, 0.25) is 5.91 Å². The van der Waals surface area contributed by atoms with Gasteiger partial charge >= 0.3 is 0 Å². The number of aryl methyl sites for hydroxylation is 2. The number of fused-ring (bicyclic) bond motifs is 1. The van der Waals surface area contributed by atoms with E-state index in [4.69, 9.17) is 5.73 Å². The minimum absolute atomic E-state index is 0.0752. The number of nitrogens with zero attached hydrogens (tertiary/aromatic N) is 1. The van der Waals surface area contributed by atoms with Crippen LogP contribution in [0.4, 0.5) is 5.13 Å². The van der Waals surface area contributed by atoms with Crippen LogP contribution in [0, 0.1) is 0 Å². The van der Waals surface area contributed by atoms with Gasteiger partial charge in [0.05, 0.1) is 5.69 Å². The summed E-state index contributed by atoms with van der Waals surface area (Å²) in [6.07, 6.45) is 3.58. The number of rotatable bonds is 4. The molecule has 104 valence electrons. The molecule has 1 heterocycles.